The number of aromatic nitrogens is 4. The molecule has 3 saturated heterocycles. The molecule has 1 amide bonds. The number of nitrogens with one attached hydrogen (secondary N) is 3. The molecule has 0 spiro atoms. The van der Waals surface area contributed by atoms with E-state index in [0.717, 1.165) is 44.7 Å². The largest absolute Gasteiger partial charge is 0.381 e. The van der Waals surface area contributed by atoms with E-state index in [9.17, 15) is 4.79 Å². The van der Waals surface area contributed by atoms with Gasteiger partial charge in [0, 0.05) is 75.9 Å². The van der Waals surface area contributed by atoms with Crippen molar-refractivity contribution in [1.29, 1.82) is 0 Å². The monoisotopic (exact) mass is 574 g/mol. The van der Waals surface area contributed by atoms with E-state index in [4.69, 9.17) is 15.5 Å². The Labute approximate surface area is 247 Å². The minimum absolute atomic E-state index is 0.0739. The fourth-order valence-electron chi connectivity index (χ4n) is 6.29. The van der Waals surface area contributed by atoms with Crippen LogP contribution < -0.4 is 21.3 Å². The van der Waals surface area contributed by atoms with Crippen LogP contribution in [0.2, 0.25) is 0 Å². The fourth-order valence-corrected chi connectivity index (χ4v) is 6.29. The van der Waals surface area contributed by atoms with E-state index in [-0.39, 0.29) is 11.7 Å². The van der Waals surface area contributed by atoms with Crippen LogP contribution in [0.3, 0.4) is 0 Å². The van der Waals surface area contributed by atoms with Crippen molar-refractivity contribution in [3.8, 4) is 11.4 Å². The molecule has 0 atom stereocenters. The van der Waals surface area contributed by atoms with Gasteiger partial charge in [-0.3, -0.25) is 9.69 Å². The highest BCUT2D eigenvalue weighted by Crippen LogP contribution is 2.32. The number of aromatic amines is 1. The number of likely N-dealkylation sites (N-methyl/N-ethyl adjacent to an activating group) is 1. The van der Waals surface area contributed by atoms with Crippen LogP contribution in [0.5, 0.6) is 0 Å². The third kappa shape index (κ3) is 6.35. The van der Waals surface area contributed by atoms with E-state index in [0.29, 0.717) is 42.3 Å². The standard InChI is InChI=1S/C30H42N10O2/c1-20-17-22(3-4-25(20)40-9-5-23(6-10-40)39-13-11-38(2)12-14-39)35-30-27(28(31)41)36-26(24-18-32-19-33-24)29(37-30)34-21-7-15-42-16-8-21/h3-4,17-19,21,23H,5-16H2,1-2H3,(H2,31,41)(H,32,33)(H2,34,35,37). The number of benzene rings is 1. The lowest BCUT2D eigenvalue weighted by atomic mass is 10.0. The number of carbonyl (C=O) groups is 1. The number of nitrogens with two attached hydrogens (primary N) is 1. The number of piperazine rings is 1. The first-order valence-electron chi connectivity index (χ1n) is 15.0. The second kappa shape index (κ2) is 12.6. The molecule has 6 rings (SSSR count). The molecule has 5 N–H and O–H groups in total. The SMILES string of the molecule is Cc1cc(Nc2nc(NC3CCOCC3)c(-c3cnc[nH]3)nc2C(N)=O)ccc1N1CCC(N2CCN(C)CC2)CC1. The number of H-pyrrole nitrogens is 1. The number of primary amides is 1. The maximum atomic E-state index is 12.5. The number of anilines is 4. The molecule has 0 radical (unpaired) electrons. The Hall–Kier alpha value is -3.74. The van der Waals surface area contributed by atoms with E-state index in [1.54, 1.807) is 12.5 Å². The molecule has 3 aliphatic rings. The van der Waals surface area contributed by atoms with E-state index in [2.05, 4.69) is 66.4 Å². The van der Waals surface area contributed by atoms with Gasteiger partial charge < -0.3 is 35.9 Å². The minimum atomic E-state index is -0.653. The molecule has 224 valence electrons. The summed E-state index contributed by atoms with van der Waals surface area (Å²) in [5, 5.41) is 6.85. The second-order valence-corrected chi connectivity index (χ2v) is 11.7. The van der Waals surface area contributed by atoms with Crippen molar-refractivity contribution in [1.82, 2.24) is 29.7 Å². The molecular formula is C30H42N10O2. The van der Waals surface area contributed by atoms with Gasteiger partial charge in [-0.25, -0.2) is 15.0 Å². The topological polar surface area (TPSA) is 141 Å². The highest BCUT2D eigenvalue weighted by molar-refractivity contribution is 5.97. The second-order valence-electron chi connectivity index (χ2n) is 11.7. The summed E-state index contributed by atoms with van der Waals surface area (Å²) in [5.41, 5.74) is 10.3. The maximum Gasteiger partial charge on any atom is 0.271 e. The van der Waals surface area contributed by atoms with Crippen LogP contribution in [0.1, 0.15) is 41.7 Å². The molecule has 0 aliphatic carbocycles. The van der Waals surface area contributed by atoms with Crippen LogP contribution in [0.25, 0.3) is 11.4 Å². The van der Waals surface area contributed by atoms with Gasteiger partial charge in [0.05, 0.1) is 18.2 Å². The Kier molecular flexibility index (Phi) is 8.54. The summed E-state index contributed by atoms with van der Waals surface area (Å²) in [6.45, 7) is 10.3. The Balaban J connectivity index is 1.20. The number of carbonyl (C=O) groups excluding carboxylic acids is 1. The zero-order valence-corrected chi connectivity index (χ0v) is 24.6. The molecule has 5 heterocycles. The van der Waals surface area contributed by atoms with E-state index in [1.807, 2.05) is 6.07 Å². The lowest BCUT2D eigenvalue weighted by Gasteiger charge is -2.43. The number of rotatable bonds is 8. The van der Waals surface area contributed by atoms with Gasteiger partial charge in [0.15, 0.2) is 17.3 Å². The van der Waals surface area contributed by atoms with Crippen molar-refractivity contribution in [2.75, 3.05) is 75.1 Å². The molecule has 2 aromatic heterocycles. The number of amides is 1. The van der Waals surface area contributed by atoms with Gasteiger partial charge in [-0.05, 0) is 63.4 Å². The highest BCUT2D eigenvalue weighted by atomic mass is 16.5. The molecule has 1 aromatic carbocycles. The number of piperidine rings is 1. The van der Waals surface area contributed by atoms with Crippen molar-refractivity contribution in [3.63, 3.8) is 0 Å². The highest BCUT2D eigenvalue weighted by Gasteiger charge is 2.28. The molecule has 3 fully saturated rings. The van der Waals surface area contributed by atoms with Crippen molar-refractivity contribution in [2.45, 2.75) is 44.7 Å². The maximum absolute atomic E-state index is 12.5. The lowest BCUT2D eigenvalue weighted by Crippen LogP contribution is -2.52. The third-order valence-corrected chi connectivity index (χ3v) is 8.76. The molecule has 12 nitrogen and oxygen atoms in total. The molecule has 0 unspecified atom stereocenters. The van der Waals surface area contributed by atoms with E-state index < -0.39 is 5.91 Å². The molecule has 3 aliphatic heterocycles. The predicted octanol–water partition coefficient (Wildman–Crippen LogP) is 2.82. The van der Waals surface area contributed by atoms with Crippen LogP contribution in [0, 0.1) is 6.92 Å². The third-order valence-electron chi connectivity index (χ3n) is 8.76. The number of aryl methyl sites for hydroxylation is 1. The van der Waals surface area contributed by atoms with Crippen LogP contribution in [0.15, 0.2) is 30.7 Å². The lowest BCUT2D eigenvalue weighted by molar-refractivity contribution is 0.0904. The summed E-state index contributed by atoms with van der Waals surface area (Å²) in [7, 11) is 2.21. The normalized spacial score (nSPS) is 19.6. The van der Waals surface area contributed by atoms with Gasteiger partial charge in [0.2, 0.25) is 0 Å². The number of hydrogen-bond acceptors (Lipinski definition) is 10. The van der Waals surface area contributed by atoms with Crippen molar-refractivity contribution in [3.05, 3.63) is 42.0 Å². The first-order chi connectivity index (χ1) is 20.4. The van der Waals surface area contributed by atoms with E-state index >= 15 is 0 Å². The molecule has 3 aromatic rings. The quantitative estimate of drug-likeness (QED) is 0.317. The number of hydrogen-bond donors (Lipinski definition) is 4. The summed E-state index contributed by atoms with van der Waals surface area (Å²) in [6, 6.07) is 7.16. The predicted molar refractivity (Wildman–Crippen MR) is 164 cm³/mol. The van der Waals surface area contributed by atoms with E-state index in [1.165, 1.54) is 37.2 Å². The smallest absolute Gasteiger partial charge is 0.271 e. The zero-order chi connectivity index (χ0) is 29.1. The average molecular weight is 575 g/mol. The Morgan fingerprint density at radius 1 is 1.02 bits per heavy atom. The summed E-state index contributed by atoms with van der Waals surface area (Å²) < 4.78 is 5.52. The first kappa shape index (κ1) is 28.4. The van der Waals surface area contributed by atoms with Gasteiger partial charge in [-0.1, -0.05) is 0 Å². The van der Waals surface area contributed by atoms with Crippen LogP contribution in [-0.2, 0) is 4.74 Å². The average Bonchev–Trinajstić information content (AvgIpc) is 3.53. The molecule has 0 bridgehead atoms. The van der Waals surface area contributed by atoms with Crippen molar-refractivity contribution >= 4 is 28.9 Å². The minimum Gasteiger partial charge on any atom is -0.381 e. The van der Waals surface area contributed by atoms with Gasteiger partial charge in [0.1, 0.15) is 5.69 Å². The molecule has 12 heteroatoms. The van der Waals surface area contributed by atoms with Gasteiger partial charge >= 0.3 is 0 Å². The molecular weight excluding hydrogens is 532 g/mol. The van der Waals surface area contributed by atoms with Gasteiger partial charge in [-0.2, -0.15) is 0 Å². The first-order valence-corrected chi connectivity index (χ1v) is 15.0. The van der Waals surface area contributed by atoms with Gasteiger partial charge in [0.25, 0.3) is 5.91 Å². The Bertz CT molecular complexity index is 1360. The van der Waals surface area contributed by atoms with Gasteiger partial charge in [-0.15, -0.1) is 0 Å². The summed E-state index contributed by atoms with van der Waals surface area (Å²) in [5.74, 6) is 0.232. The van der Waals surface area contributed by atoms with Crippen LogP contribution >= 0.6 is 0 Å². The Morgan fingerprint density at radius 3 is 2.45 bits per heavy atom. The molecule has 0 saturated carbocycles. The number of ether oxygens (including phenoxy) is 1. The zero-order valence-electron chi connectivity index (χ0n) is 24.6. The fraction of sp³-hybridized carbons (Fsp3) is 0.533. The summed E-state index contributed by atoms with van der Waals surface area (Å²) >= 11 is 0. The van der Waals surface area contributed by atoms with Crippen molar-refractivity contribution in [2.24, 2.45) is 5.73 Å². The number of nitrogens with zero attached hydrogens (tertiary/aromatic N) is 6. The number of imidazole rings is 1. The Morgan fingerprint density at radius 2 is 1.79 bits per heavy atom. The van der Waals surface area contributed by atoms with Crippen LogP contribution in [0.4, 0.5) is 23.0 Å². The van der Waals surface area contributed by atoms with Crippen LogP contribution in [-0.4, -0.2) is 107 Å². The summed E-state index contributed by atoms with van der Waals surface area (Å²) in [4.78, 5) is 36.8. The summed E-state index contributed by atoms with van der Waals surface area (Å²) in [6.07, 6.45) is 7.33. The molecule has 42 heavy (non-hydrogen) atoms. The van der Waals surface area contributed by atoms with Crippen molar-refractivity contribution < 1.29 is 9.53 Å².